The fraction of sp³-hybridized carbons (Fsp3) is 0.273. The van der Waals surface area contributed by atoms with Gasteiger partial charge in [-0.2, -0.15) is 5.10 Å². The molecule has 2 N–H and O–H groups in total. The molecule has 6 heteroatoms. The van der Waals surface area contributed by atoms with Crippen molar-refractivity contribution in [2.24, 2.45) is 0 Å². The third-order valence-corrected chi connectivity index (χ3v) is 5.15. The lowest BCUT2D eigenvalue weighted by Crippen LogP contribution is -2.54. The summed E-state index contributed by atoms with van der Waals surface area (Å²) in [6.45, 7) is 2.08. The highest BCUT2D eigenvalue weighted by Gasteiger charge is 2.41. The lowest BCUT2D eigenvalue weighted by atomic mass is 9.87. The highest BCUT2D eigenvalue weighted by atomic mass is 16.5. The number of nitrogens with one attached hydrogen (secondary N) is 2. The van der Waals surface area contributed by atoms with Gasteiger partial charge in [-0.25, -0.2) is 0 Å². The monoisotopic (exact) mass is 376 g/mol. The number of aromatic nitrogens is 2. The molecule has 0 saturated carbocycles. The molecule has 2 heterocycles. The molecule has 28 heavy (non-hydrogen) atoms. The molecule has 3 aromatic rings. The number of carbonyl (C=O) groups is 1. The zero-order valence-corrected chi connectivity index (χ0v) is 15.7. The average molecular weight is 376 g/mol. The molecule has 6 nitrogen and oxygen atoms in total. The van der Waals surface area contributed by atoms with Gasteiger partial charge in [-0.15, -0.1) is 0 Å². The van der Waals surface area contributed by atoms with E-state index >= 15 is 0 Å². The quantitative estimate of drug-likeness (QED) is 0.694. The third kappa shape index (κ3) is 3.92. The van der Waals surface area contributed by atoms with E-state index in [0.717, 1.165) is 43.0 Å². The first-order chi connectivity index (χ1) is 13.8. The van der Waals surface area contributed by atoms with Crippen LogP contribution in [0.4, 0.5) is 0 Å². The van der Waals surface area contributed by atoms with Gasteiger partial charge in [0.1, 0.15) is 17.0 Å². The van der Waals surface area contributed by atoms with Gasteiger partial charge in [-0.1, -0.05) is 30.3 Å². The molecular weight excluding hydrogens is 352 g/mol. The smallest absolute Gasteiger partial charge is 0.248 e. The van der Waals surface area contributed by atoms with Crippen LogP contribution in [0.15, 0.2) is 73.1 Å². The predicted octanol–water partition coefficient (Wildman–Crippen LogP) is 3.07. The largest absolute Gasteiger partial charge is 0.457 e. The molecule has 0 unspecified atom stereocenters. The number of rotatable bonds is 6. The zero-order valence-electron chi connectivity index (χ0n) is 15.7. The lowest BCUT2D eigenvalue weighted by Gasteiger charge is -2.36. The van der Waals surface area contributed by atoms with Crippen LogP contribution in [0.1, 0.15) is 18.4 Å². The van der Waals surface area contributed by atoms with E-state index in [4.69, 9.17) is 4.74 Å². The number of carbonyl (C=O) groups excluding carboxylic acids is 1. The van der Waals surface area contributed by atoms with Gasteiger partial charge in [0.2, 0.25) is 5.91 Å². The predicted molar refractivity (Wildman–Crippen MR) is 107 cm³/mol. The van der Waals surface area contributed by atoms with Crippen molar-refractivity contribution < 1.29 is 9.53 Å². The Morgan fingerprint density at radius 2 is 1.75 bits per heavy atom. The van der Waals surface area contributed by atoms with Gasteiger partial charge in [-0.05, 0) is 61.8 Å². The zero-order chi connectivity index (χ0) is 19.2. The molecule has 1 saturated heterocycles. The summed E-state index contributed by atoms with van der Waals surface area (Å²) >= 11 is 0. The van der Waals surface area contributed by atoms with E-state index in [0.29, 0.717) is 6.54 Å². The number of benzene rings is 2. The molecule has 1 amide bonds. The molecule has 1 aliphatic heterocycles. The first-order valence-corrected chi connectivity index (χ1v) is 9.57. The van der Waals surface area contributed by atoms with Gasteiger partial charge in [-0.3, -0.25) is 9.48 Å². The van der Waals surface area contributed by atoms with Crippen LogP contribution in [0.3, 0.4) is 0 Å². The first-order valence-electron chi connectivity index (χ1n) is 9.57. The molecule has 2 aromatic carbocycles. The summed E-state index contributed by atoms with van der Waals surface area (Å²) in [7, 11) is 0. The van der Waals surface area contributed by atoms with Crippen molar-refractivity contribution in [3.05, 3.63) is 78.6 Å². The van der Waals surface area contributed by atoms with E-state index in [-0.39, 0.29) is 5.91 Å². The highest BCUT2D eigenvalue weighted by Crippen LogP contribution is 2.27. The Morgan fingerprint density at radius 1 is 1.04 bits per heavy atom. The molecule has 1 fully saturated rings. The van der Waals surface area contributed by atoms with Crippen LogP contribution in [-0.2, 0) is 16.9 Å². The number of nitrogens with zero attached hydrogens (tertiary/aromatic N) is 2. The number of hydrogen-bond acceptors (Lipinski definition) is 4. The van der Waals surface area contributed by atoms with Gasteiger partial charge in [0.25, 0.3) is 0 Å². The lowest BCUT2D eigenvalue weighted by molar-refractivity contribution is -0.132. The van der Waals surface area contributed by atoms with Gasteiger partial charge >= 0.3 is 0 Å². The van der Waals surface area contributed by atoms with E-state index in [1.165, 1.54) is 0 Å². The van der Waals surface area contributed by atoms with Crippen molar-refractivity contribution in [1.29, 1.82) is 0 Å². The van der Waals surface area contributed by atoms with Crippen LogP contribution < -0.4 is 15.4 Å². The molecule has 1 aliphatic rings. The van der Waals surface area contributed by atoms with Crippen LogP contribution >= 0.6 is 0 Å². The minimum atomic E-state index is -0.620. The molecule has 0 bridgehead atoms. The minimum Gasteiger partial charge on any atom is -0.457 e. The second kappa shape index (κ2) is 8.27. The van der Waals surface area contributed by atoms with Gasteiger partial charge < -0.3 is 15.4 Å². The van der Waals surface area contributed by atoms with E-state index in [2.05, 4.69) is 15.7 Å². The standard InChI is InChI=1S/C22H24N4O2/c27-21(22(11-14-23-15-12-22)26-16-4-13-25-26)24-17-18-7-9-20(10-8-18)28-19-5-2-1-3-6-19/h1-10,13,16,23H,11-12,14-15,17H2,(H,24,27). The fourth-order valence-electron chi connectivity index (χ4n) is 3.57. The first kappa shape index (κ1) is 18.3. The van der Waals surface area contributed by atoms with E-state index in [1.807, 2.05) is 66.9 Å². The number of piperidine rings is 1. The van der Waals surface area contributed by atoms with Crippen LogP contribution in [-0.4, -0.2) is 28.8 Å². The second-order valence-corrected chi connectivity index (χ2v) is 6.97. The average Bonchev–Trinajstić information content (AvgIpc) is 3.30. The Labute approximate surface area is 164 Å². The summed E-state index contributed by atoms with van der Waals surface area (Å²) < 4.78 is 7.62. The van der Waals surface area contributed by atoms with Gasteiger partial charge in [0.15, 0.2) is 0 Å². The molecule has 144 valence electrons. The van der Waals surface area contributed by atoms with E-state index < -0.39 is 5.54 Å². The summed E-state index contributed by atoms with van der Waals surface area (Å²) in [6.07, 6.45) is 5.05. The van der Waals surface area contributed by atoms with Crippen molar-refractivity contribution in [1.82, 2.24) is 20.4 Å². The Kier molecular flexibility index (Phi) is 5.39. The number of para-hydroxylation sites is 1. The summed E-state index contributed by atoms with van der Waals surface area (Å²) in [5.74, 6) is 1.59. The number of ether oxygens (including phenoxy) is 1. The Hall–Kier alpha value is -3.12. The summed E-state index contributed by atoms with van der Waals surface area (Å²) in [4.78, 5) is 13.1. The molecule has 0 atom stereocenters. The Balaban J connectivity index is 1.40. The summed E-state index contributed by atoms with van der Waals surface area (Å²) in [5.41, 5.74) is 0.406. The van der Waals surface area contributed by atoms with Crippen molar-refractivity contribution in [3.63, 3.8) is 0 Å². The van der Waals surface area contributed by atoms with E-state index in [9.17, 15) is 4.79 Å². The van der Waals surface area contributed by atoms with Crippen molar-refractivity contribution >= 4 is 5.91 Å². The maximum atomic E-state index is 13.1. The second-order valence-electron chi connectivity index (χ2n) is 6.97. The maximum Gasteiger partial charge on any atom is 0.248 e. The van der Waals surface area contributed by atoms with Crippen molar-refractivity contribution in [2.75, 3.05) is 13.1 Å². The van der Waals surface area contributed by atoms with Crippen LogP contribution in [0.5, 0.6) is 11.5 Å². The molecule has 1 aromatic heterocycles. The van der Waals surface area contributed by atoms with E-state index in [1.54, 1.807) is 10.9 Å². The molecule has 0 aliphatic carbocycles. The molecule has 0 radical (unpaired) electrons. The highest BCUT2D eigenvalue weighted by molar-refractivity contribution is 5.84. The summed E-state index contributed by atoms with van der Waals surface area (Å²) in [5, 5.41) is 10.8. The van der Waals surface area contributed by atoms with Crippen molar-refractivity contribution in [2.45, 2.75) is 24.9 Å². The topological polar surface area (TPSA) is 68.2 Å². The van der Waals surface area contributed by atoms with Crippen LogP contribution in [0, 0.1) is 0 Å². The van der Waals surface area contributed by atoms with Crippen LogP contribution in [0.25, 0.3) is 0 Å². The van der Waals surface area contributed by atoms with Gasteiger partial charge in [0, 0.05) is 18.9 Å². The SMILES string of the molecule is O=C(NCc1ccc(Oc2ccccc2)cc1)C1(n2cccn2)CCNCC1. The van der Waals surface area contributed by atoms with Crippen molar-refractivity contribution in [3.8, 4) is 11.5 Å². The number of amides is 1. The number of hydrogen-bond donors (Lipinski definition) is 2. The molecule has 4 rings (SSSR count). The third-order valence-electron chi connectivity index (χ3n) is 5.15. The van der Waals surface area contributed by atoms with Crippen LogP contribution in [0.2, 0.25) is 0 Å². The summed E-state index contributed by atoms with van der Waals surface area (Å²) in [6, 6.07) is 19.3. The Bertz CT molecular complexity index is 886. The molecule has 0 spiro atoms. The molecular formula is C22H24N4O2. The maximum absolute atomic E-state index is 13.1. The Morgan fingerprint density at radius 3 is 2.43 bits per heavy atom. The normalized spacial score (nSPS) is 15.7. The minimum absolute atomic E-state index is 0.0160. The van der Waals surface area contributed by atoms with Gasteiger partial charge in [0.05, 0.1) is 0 Å². The fourth-order valence-corrected chi connectivity index (χ4v) is 3.57.